The molecule has 1 N–H and O–H groups in total. The van der Waals surface area contributed by atoms with Gasteiger partial charge in [-0.25, -0.2) is 9.48 Å². The van der Waals surface area contributed by atoms with Crippen molar-refractivity contribution < 1.29 is 0 Å². The fraction of sp³-hybridized carbons (Fsp3) is 0.529. The number of hydrogen-bond donors (Lipinski definition) is 1. The van der Waals surface area contributed by atoms with Gasteiger partial charge in [0.2, 0.25) is 0 Å². The van der Waals surface area contributed by atoms with E-state index in [0.29, 0.717) is 19.0 Å². The number of nitrogens with zero attached hydrogens (tertiary/aromatic N) is 3. The predicted molar refractivity (Wildman–Crippen MR) is 94.2 cm³/mol. The molecule has 124 valence electrons. The van der Waals surface area contributed by atoms with Gasteiger partial charge < -0.3 is 5.32 Å². The van der Waals surface area contributed by atoms with E-state index in [2.05, 4.69) is 22.5 Å². The van der Waals surface area contributed by atoms with Crippen molar-refractivity contribution in [3.63, 3.8) is 0 Å². The van der Waals surface area contributed by atoms with Crippen LogP contribution in [-0.4, -0.2) is 33.2 Å². The van der Waals surface area contributed by atoms with Crippen LogP contribution in [0.15, 0.2) is 40.0 Å². The lowest BCUT2D eigenvalue weighted by molar-refractivity contribution is 0.429. The summed E-state index contributed by atoms with van der Waals surface area (Å²) in [6.07, 6.45) is 2.13. The highest BCUT2D eigenvalue weighted by molar-refractivity contribution is 7.99. The minimum Gasteiger partial charge on any atom is -0.317 e. The summed E-state index contributed by atoms with van der Waals surface area (Å²) < 4.78 is 3.50. The lowest BCUT2D eigenvalue weighted by Crippen LogP contribution is -2.29. The van der Waals surface area contributed by atoms with E-state index >= 15 is 0 Å². The maximum absolute atomic E-state index is 12.5. The molecule has 0 bridgehead atoms. The molecule has 1 fully saturated rings. The van der Waals surface area contributed by atoms with Crippen LogP contribution in [0.5, 0.6) is 0 Å². The number of aromatic nitrogens is 3. The lowest BCUT2D eigenvalue weighted by atomic mass is 9.97. The van der Waals surface area contributed by atoms with Crippen LogP contribution < -0.4 is 11.0 Å². The molecule has 0 aliphatic carbocycles. The van der Waals surface area contributed by atoms with Crippen LogP contribution in [0.3, 0.4) is 0 Å². The summed E-state index contributed by atoms with van der Waals surface area (Å²) in [6.45, 7) is 5.41. The number of nitrogens with one attached hydrogen (secondary N) is 1. The van der Waals surface area contributed by atoms with Crippen molar-refractivity contribution in [1.82, 2.24) is 19.7 Å². The van der Waals surface area contributed by atoms with E-state index in [9.17, 15) is 4.79 Å². The van der Waals surface area contributed by atoms with Crippen molar-refractivity contribution in [2.45, 2.75) is 43.7 Å². The van der Waals surface area contributed by atoms with Crippen LogP contribution in [0, 0.1) is 0 Å². The summed E-state index contributed by atoms with van der Waals surface area (Å²) >= 11 is 1.76. The summed E-state index contributed by atoms with van der Waals surface area (Å²) in [5, 5.41) is 8.03. The molecule has 1 aromatic heterocycles. The van der Waals surface area contributed by atoms with Gasteiger partial charge in [0.05, 0.1) is 6.54 Å². The topological polar surface area (TPSA) is 51.9 Å². The second-order valence-electron chi connectivity index (χ2n) is 5.79. The molecular formula is C17H24N4OS. The lowest BCUT2D eigenvalue weighted by Gasteiger charge is -2.21. The Labute approximate surface area is 141 Å². The minimum atomic E-state index is 0.0368. The Morgan fingerprint density at radius 1 is 1.26 bits per heavy atom. The van der Waals surface area contributed by atoms with Crippen LogP contribution in [0.2, 0.25) is 0 Å². The van der Waals surface area contributed by atoms with Crippen LogP contribution in [0.1, 0.15) is 31.5 Å². The molecule has 1 aliphatic heterocycles. The zero-order valence-electron chi connectivity index (χ0n) is 13.6. The van der Waals surface area contributed by atoms with Gasteiger partial charge in [0.15, 0.2) is 0 Å². The molecule has 1 aliphatic rings. The second-order valence-corrected chi connectivity index (χ2v) is 6.96. The fourth-order valence-corrected chi connectivity index (χ4v) is 3.90. The Morgan fingerprint density at radius 2 is 2.00 bits per heavy atom. The highest BCUT2D eigenvalue weighted by atomic mass is 32.2. The predicted octanol–water partition coefficient (Wildman–Crippen LogP) is 2.32. The maximum atomic E-state index is 12.5. The maximum Gasteiger partial charge on any atom is 0.345 e. The van der Waals surface area contributed by atoms with Crippen LogP contribution in [0.4, 0.5) is 0 Å². The van der Waals surface area contributed by atoms with E-state index in [1.165, 1.54) is 4.90 Å². The molecule has 1 saturated heterocycles. The first-order valence-corrected chi connectivity index (χ1v) is 9.34. The summed E-state index contributed by atoms with van der Waals surface area (Å²) in [7, 11) is 0. The van der Waals surface area contributed by atoms with E-state index in [-0.39, 0.29) is 5.69 Å². The van der Waals surface area contributed by atoms with Crippen LogP contribution in [-0.2, 0) is 13.1 Å². The molecule has 3 rings (SSSR count). The van der Waals surface area contributed by atoms with Crippen molar-refractivity contribution in [2.75, 3.05) is 18.8 Å². The molecule has 0 atom stereocenters. The fourth-order valence-electron chi connectivity index (χ4n) is 3.05. The molecule has 6 heteroatoms. The van der Waals surface area contributed by atoms with Gasteiger partial charge in [0.25, 0.3) is 0 Å². The standard InChI is InChI=1S/C17H24N4OS/c1-2-20-16(14-8-10-18-11-9-14)19-21(17(20)22)12-13-23-15-6-4-3-5-7-15/h3-7,14,18H,2,8-13H2,1H3. The first-order valence-electron chi connectivity index (χ1n) is 8.35. The van der Waals surface area contributed by atoms with Gasteiger partial charge in [0.1, 0.15) is 5.82 Å². The summed E-state index contributed by atoms with van der Waals surface area (Å²) in [5.74, 6) is 2.24. The normalized spacial score (nSPS) is 15.9. The average molecular weight is 332 g/mol. The van der Waals surface area contributed by atoms with Crippen LogP contribution >= 0.6 is 11.8 Å². The van der Waals surface area contributed by atoms with Crippen molar-refractivity contribution in [3.05, 3.63) is 46.6 Å². The van der Waals surface area contributed by atoms with Crippen molar-refractivity contribution in [1.29, 1.82) is 0 Å². The summed E-state index contributed by atoms with van der Waals surface area (Å²) in [4.78, 5) is 13.8. The number of hydrogen-bond acceptors (Lipinski definition) is 4. The monoisotopic (exact) mass is 332 g/mol. The van der Waals surface area contributed by atoms with Crippen molar-refractivity contribution in [3.8, 4) is 0 Å². The van der Waals surface area contributed by atoms with Gasteiger partial charge in [-0.1, -0.05) is 18.2 Å². The van der Waals surface area contributed by atoms with Crippen LogP contribution in [0.25, 0.3) is 0 Å². The van der Waals surface area contributed by atoms with Gasteiger partial charge in [-0.3, -0.25) is 4.57 Å². The first-order chi connectivity index (χ1) is 11.3. The van der Waals surface area contributed by atoms with Gasteiger partial charge in [-0.05, 0) is 45.0 Å². The number of benzene rings is 1. The van der Waals surface area contributed by atoms with E-state index in [1.54, 1.807) is 16.4 Å². The Kier molecular flexibility index (Phi) is 5.56. The average Bonchev–Trinajstić information content (AvgIpc) is 2.93. The number of thioether (sulfide) groups is 1. The first kappa shape index (κ1) is 16.3. The second kappa shape index (κ2) is 7.84. The van der Waals surface area contributed by atoms with Gasteiger partial charge in [0, 0.05) is 23.1 Å². The zero-order valence-corrected chi connectivity index (χ0v) is 14.4. The molecule has 2 aromatic rings. The van der Waals surface area contributed by atoms with Crippen molar-refractivity contribution >= 4 is 11.8 Å². The third kappa shape index (κ3) is 3.87. The Balaban J connectivity index is 1.69. The molecule has 0 spiro atoms. The highest BCUT2D eigenvalue weighted by Gasteiger charge is 2.23. The van der Waals surface area contributed by atoms with E-state index in [4.69, 9.17) is 0 Å². The minimum absolute atomic E-state index is 0.0368. The number of rotatable bonds is 6. The Bertz CT molecular complexity index is 674. The molecule has 5 nitrogen and oxygen atoms in total. The molecule has 0 unspecified atom stereocenters. The Hall–Kier alpha value is -1.53. The number of aryl methyl sites for hydroxylation is 1. The third-order valence-corrected chi connectivity index (χ3v) is 5.28. The van der Waals surface area contributed by atoms with E-state index in [1.807, 2.05) is 29.7 Å². The van der Waals surface area contributed by atoms with Gasteiger partial charge in [-0.15, -0.1) is 11.8 Å². The smallest absolute Gasteiger partial charge is 0.317 e. The van der Waals surface area contributed by atoms with Gasteiger partial charge in [-0.2, -0.15) is 5.10 Å². The van der Waals surface area contributed by atoms with E-state index in [0.717, 1.165) is 37.5 Å². The van der Waals surface area contributed by atoms with E-state index < -0.39 is 0 Å². The largest absolute Gasteiger partial charge is 0.345 e. The van der Waals surface area contributed by atoms with Gasteiger partial charge >= 0.3 is 5.69 Å². The SMILES string of the molecule is CCn1c(C2CCNCC2)nn(CCSc2ccccc2)c1=O. The summed E-state index contributed by atoms with van der Waals surface area (Å²) in [5.41, 5.74) is 0.0368. The quantitative estimate of drug-likeness (QED) is 0.825. The Morgan fingerprint density at radius 3 is 2.70 bits per heavy atom. The molecule has 1 aromatic carbocycles. The molecule has 0 saturated carbocycles. The summed E-state index contributed by atoms with van der Waals surface area (Å²) in [6, 6.07) is 10.3. The third-order valence-electron chi connectivity index (χ3n) is 4.29. The molecule has 2 heterocycles. The molecule has 0 radical (unpaired) electrons. The van der Waals surface area contributed by atoms with Crippen molar-refractivity contribution in [2.24, 2.45) is 0 Å². The zero-order chi connectivity index (χ0) is 16.1. The number of piperidine rings is 1. The highest BCUT2D eigenvalue weighted by Crippen LogP contribution is 2.23. The molecular weight excluding hydrogens is 308 g/mol. The molecule has 23 heavy (non-hydrogen) atoms. The molecule has 0 amide bonds.